The molecule has 4 rings (SSSR count). The number of aryl methyl sites for hydroxylation is 2. The van der Waals surface area contributed by atoms with Crippen molar-refractivity contribution in [3.05, 3.63) is 64.5 Å². The lowest BCUT2D eigenvalue weighted by atomic mass is 10.1. The van der Waals surface area contributed by atoms with Crippen LogP contribution in [-0.4, -0.2) is 57.8 Å². The molecule has 1 amide bonds. The van der Waals surface area contributed by atoms with Crippen molar-refractivity contribution in [2.45, 2.75) is 44.8 Å². The maximum absolute atomic E-state index is 13.3. The summed E-state index contributed by atoms with van der Waals surface area (Å²) in [5.74, 6) is -0.412. The highest BCUT2D eigenvalue weighted by Gasteiger charge is 2.32. The Balaban J connectivity index is 1.61. The fraction of sp³-hybridized carbons (Fsp3) is 0.333. The molecule has 1 fully saturated rings. The highest BCUT2D eigenvalue weighted by molar-refractivity contribution is 7.89. The predicted octanol–water partition coefficient (Wildman–Crippen LogP) is 3.93. The lowest BCUT2D eigenvalue weighted by molar-refractivity contribution is -0.0440. The Kier molecular flexibility index (Phi) is 8.26. The molecule has 0 spiro atoms. The number of hydrogen-bond acceptors (Lipinski definition) is 8. The number of nitrogens with zero attached hydrogens (tertiary/aromatic N) is 3. The summed E-state index contributed by atoms with van der Waals surface area (Å²) in [6.45, 7) is 7.25. The van der Waals surface area contributed by atoms with Crippen LogP contribution in [0.25, 0.3) is 0 Å². The summed E-state index contributed by atoms with van der Waals surface area (Å²) in [6.07, 6.45) is -0.459. The monoisotopic (exact) mass is 581 g/mol. The summed E-state index contributed by atoms with van der Waals surface area (Å²) in [5.41, 5.74) is 0.791. The number of nitrogens with one attached hydrogen (secondary N) is 1. The van der Waals surface area contributed by atoms with Crippen LogP contribution in [0.3, 0.4) is 0 Å². The van der Waals surface area contributed by atoms with Gasteiger partial charge in [-0.2, -0.15) is 4.31 Å². The fourth-order valence-electron chi connectivity index (χ4n) is 4.30. The van der Waals surface area contributed by atoms with Crippen molar-refractivity contribution in [3.8, 4) is 0 Å². The van der Waals surface area contributed by atoms with E-state index >= 15 is 0 Å². The van der Waals surface area contributed by atoms with E-state index in [1.807, 2.05) is 13.8 Å². The standard InChI is InChI=1S/C24H27ClN4O7S2/c1-14-12-28(13-15(2)35-14)38(33,34)20-8-6-19(7-9-20)26-24(30)21-11-18(25)5-10-22(21)29(37(31)32)23-16(3)27-36-17(23)4/h5-11,14-15H,12-13H2,1-4H3,(H,26,30)(H,31,32)/p-1. The zero-order valence-electron chi connectivity index (χ0n) is 21.0. The third-order valence-corrected chi connectivity index (χ3v) is 8.66. The van der Waals surface area contributed by atoms with Gasteiger partial charge in [-0.25, -0.2) is 8.42 Å². The molecule has 0 aliphatic carbocycles. The van der Waals surface area contributed by atoms with E-state index in [9.17, 15) is 22.0 Å². The number of carbonyl (C=O) groups is 1. The average molecular weight is 582 g/mol. The largest absolute Gasteiger partial charge is 0.755 e. The van der Waals surface area contributed by atoms with Gasteiger partial charge in [0, 0.05) is 23.8 Å². The summed E-state index contributed by atoms with van der Waals surface area (Å²) in [4.78, 5) is 13.4. The van der Waals surface area contributed by atoms with Crippen LogP contribution in [-0.2, 0) is 26.0 Å². The van der Waals surface area contributed by atoms with Gasteiger partial charge in [-0.05, 0) is 70.2 Å². The molecule has 3 unspecified atom stereocenters. The van der Waals surface area contributed by atoms with E-state index < -0.39 is 27.2 Å². The molecule has 3 aromatic rings. The van der Waals surface area contributed by atoms with E-state index in [1.165, 1.54) is 46.8 Å². The van der Waals surface area contributed by atoms with Crippen LogP contribution in [0.4, 0.5) is 17.1 Å². The molecule has 1 N–H and O–H groups in total. The van der Waals surface area contributed by atoms with Gasteiger partial charge in [0.05, 0.1) is 39.6 Å². The van der Waals surface area contributed by atoms with Crippen molar-refractivity contribution in [1.82, 2.24) is 9.46 Å². The van der Waals surface area contributed by atoms with Crippen LogP contribution in [0, 0.1) is 13.8 Å². The zero-order chi connectivity index (χ0) is 27.8. The minimum Gasteiger partial charge on any atom is -0.755 e. The van der Waals surface area contributed by atoms with E-state index in [2.05, 4.69) is 10.5 Å². The van der Waals surface area contributed by atoms with Gasteiger partial charge in [-0.1, -0.05) is 16.8 Å². The number of hydrogen-bond donors (Lipinski definition) is 1. The number of anilines is 3. The SMILES string of the molecule is Cc1noc(C)c1N(c1ccc(Cl)cc1C(=O)Nc1ccc(S(=O)(=O)N2CC(C)OC(C)C2)cc1)S(=O)[O-]. The number of benzene rings is 2. The lowest BCUT2D eigenvalue weighted by Crippen LogP contribution is -2.48. The van der Waals surface area contributed by atoms with Gasteiger partial charge in [0.15, 0.2) is 5.76 Å². The molecule has 204 valence electrons. The normalized spacial score (nSPS) is 19.2. The first-order valence-electron chi connectivity index (χ1n) is 11.6. The molecular formula is C24H26ClN4O7S2-. The minimum absolute atomic E-state index is 0.0318. The van der Waals surface area contributed by atoms with Crippen LogP contribution in [0.5, 0.6) is 0 Å². The minimum atomic E-state index is -3.76. The van der Waals surface area contributed by atoms with Gasteiger partial charge >= 0.3 is 0 Å². The average Bonchev–Trinajstić information content (AvgIpc) is 3.17. The number of rotatable bonds is 7. The highest BCUT2D eigenvalue weighted by atomic mass is 35.5. The molecule has 0 radical (unpaired) electrons. The fourth-order valence-corrected chi connectivity index (χ4v) is 6.79. The summed E-state index contributed by atoms with van der Waals surface area (Å²) in [5, 5.41) is 6.69. The molecule has 0 saturated carbocycles. The van der Waals surface area contributed by atoms with E-state index in [4.69, 9.17) is 20.9 Å². The molecule has 38 heavy (non-hydrogen) atoms. The van der Waals surface area contributed by atoms with Crippen LogP contribution >= 0.6 is 11.6 Å². The second kappa shape index (κ2) is 11.1. The summed E-state index contributed by atoms with van der Waals surface area (Å²) in [7, 11) is -3.76. The van der Waals surface area contributed by atoms with Crippen molar-refractivity contribution in [3.63, 3.8) is 0 Å². The number of aromatic nitrogens is 1. The summed E-state index contributed by atoms with van der Waals surface area (Å²) < 4.78 is 63.7. The second-order valence-corrected chi connectivity index (χ2v) is 12.1. The number of carbonyl (C=O) groups excluding carboxylic acids is 1. The van der Waals surface area contributed by atoms with Crippen LogP contribution < -0.4 is 9.62 Å². The van der Waals surface area contributed by atoms with E-state index in [-0.39, 0.29) is 57.9 Å². The Morgan fingerprint density at radius 2 is 1.79 bits per heavy atom. The molecule has 1 saturated heterocycles. The summed E-state index contributed by atoms with van der Waals surface area (Å²) in [6, 6.07) is 9.91. The Labute approximate surface area is 228 Å². The van der Waals surface area contributed by atoms with Crippen molar-refractivity contribution in [2.75, 3.05) is 22.7 Å². The first-order chi connectivity index (χ1) is 17.9. The van der Waals surface area contributed by atoms with Crippen molar-refractivity contribution >= 4 is 55.9 Å². The Morgan fingerprint density at radius 3 is 2.34 bits per heavy atom. The van der Waals surface area contributed by atoms with Crippen LogP contribution in [0.1, 0.15) is 35.7 Å². The Bertz CT molecular complexity index is 1450. The highest BCUT2D eigenvalue weighted by Crippen LogP contribution is 2.36. The van der Waals surface area contributed by atoms with Gasteiger partial charge < -0.3 is 19.1 Å². The Hall–Kier alpha value is -2.81. The van der Waals surface area contributed by atoms with Gasteiger partial charge in [0.1, 0.15) is 11.4 Å². The zero-order valence-corrected chi connectivity index (χ0v) is 23.4. The van der Waals surface area contributed by atoms with Crippen molar-refractivity contribution in [1.29, 1.82) is 0 Å². The second-order valence-electron chi connectivity index (χ2n) is 8.90. The molecule has 11 nitrogen and oxygen atoms in total. The molecule has 1 aliphatic heterocycles. The quantitative estimate of drug-likeness (QED) is 0.413. The smallest absolute Gasteiger partial charge is 0.257 e. The number of ether oxygens (including phenoxy) is 1. The van der Waals surface area contributed by atoms with E-state index in [0.29, 0.717) is 11.4 Å². The molecular weight excluding hydrogens is 556 g/mol. The first-order valence-corrected chi connectivity index (χ1v) is 14.4. The van der Waals surface area contributed by atoms with E-state index in [0.717, 1.165) is 4.31 Å². The number of amides is 1. The number of halogens is 1. The van der Waals surface area contributed by atoms with Crippen molar-refractivity contribution in [2.24, 2.45) is 0 Å². The molecule has 2 aromatic carbocycles. The van der Waals surface area contributed by atoms with Crippen LogP contribution in [0.15, 0.2) is 51.9 Å². The summed E-state index contributed by atoms with van der Waals surface area (Å²) >= 11 is 3.31. The van der Waals surface area contributed by atoms with Crippen LogP contribution in [0.2, 0.25) is 5.02 Å². The molecule has 0 bridgehead atoms. The van der Waals surface area contributed by atoms with Gasteiger partial charge in [0.25, 0.3) is 5.91 Å². The number of morpholine rings is 1. The Morgan fingerprint density at radius 1 is 1.16 bits per heavy atom. The van der Waals surface area contributed by atoms with Gasteiger partial charge in [0.2, 0.25) is 10.0 Å². The van der Waals surface area contributed by atoms with Gasteiger partial charge in [-0.3, -0.25) is 13.3 Å². The molecule has 1 aromatic heterocycles. The number of sulfonamides is 1. The maximum Gasteiger partial charge on any atom is 0.257 e. The molecule has 14 heteroatoms. The predicted molar refractivity (Wildman–Crippen MR) is 142 cm³/mol. The molecule has 1 aliphatic rings. The maximum atomic E-state index is 13.3. The van der Waals surface area contributed by atoms with Gasteiger partial charge in [-0.15, -0.1) is 0 Å². The van der Waals surface area contributed by atoms with E-state index in [1.54, 1.807) is 13.8 Å². The topological polar surface area (TPSA) is 145 Å². The first kappa shape index (κ1) is 28.2. The third-order valence-electron chi connectivity index (χ3n) is 5.91. The third kappa shape index (κ3) is 5.77. The molecule has 3 atom stereocenters. The van der Waals surface area contributed by atoms with Crippen molar-refractivity contribution < 1.29 is 31.2 Å². The lowest BCUT2D eigenvalue weighted by Gasteiger charge is -2.34. The molecule has 2 heterocycles.